The van der Waals surface area contributed by atoms with Gasteiger partial charge in [-0.05, 0) is 50.6 Å². The number of amides is 1. The Hall–Kier alpha value is -2.96. The van der Waals surface area contributed by atoms with E-state index in [4.69, 9.17) is 9.47 Å². The average Bonchev–Trinajstić information content (AvgIpc) is 2.57. The van der Waals surface area contributed by atoms with Crippen LogP contribution in [0.2, 0.25) is 0 Å². The van der Waals surface area contributed by atoms with Gasteiger partial charge >= 0.3 is 5.97 Å². The molecule has 7 heteroatoms. The van der Waals surface area contributed by atoms with E-state index in [1.54, 1.807) is 18.2 Å². The molecule has 0 aliphatic heterocycles. The molecule has 0 saturated heterocycles. The van der Waals surface area contributed by atoms with Crippen LogP contribution in [-0.4, -0.2) is 24.1 Å². The number of carbonyl (C=O) groups is 2. The number of ether oxygens (including phenoxy) is 2. The molecule has 0 saturated carbocycles. The van der Waals surface area contributed by atoms with Gasteiger partial charge in [0.05, 0.1) is 5.69 Å². The van der Waals surface area contributed by atoms with E-state index in [0.717, 1.165) is 17.7 Å². The number of benzene rings is 2. The maximum Gasteiger partial charge on any atom is 0.347 e. The molecule has 0 aliphatic carbocycles. The molecule has 2 aromatic rings. The van der Waals surface area contributed by atoms with Gasteiger partial charge in [-0.15, -0.1) is 0 Å². The third-order valence-corrected chi connectivity index (χ3v) is 3.49. The first-order valence-corrected chi connectivity index (χ1v) is 7.96. The summed E-state index contributed by atoms with van der Waals surface area (Å²) in [7, 11) is 0. The van der Waals surface area contributed by atoms with Crippen LogP contribution < -0.4 is 10.1 Å². The van der Waals surface area contributed by atoms with Crippen LogP contribution in [0.15, 0.2) is 42.5 Å². The first-order chi connectivity index (χ1) is 12.3. The maximum atomic E-state index is 13.6. The van der Waals surface area contributed by atoms with Crippen molar-refractivity contribution in [3.63, 3.8) is 0 Å². The Labute approximate surface area is 149 Å². The second-order valence-corrected chi connectivity index (χ2v) is 5.77. The summed E-state index contributed by atoms with van der Waals surface area (Å²) in [6.45, 7) is 4.72. The summed E-state index contributed by atoms with van der Waals surface area (Å²) >= 11 is 0. The Kier molecular flexibility index (Phi) is 6.27. The van der Waals surface area contributed by atoms with Crippen LogP contribution in [0.25, 0.3) is 0 Å². The van der Waals surface area contributed by atoms with Crippen molar-refractivity contribution >= 4 is 17.6 Å². The Morgan fingerprint density at radius 2 is 1.77 bits per heavy atom. The van der Waals surface area contributed by atoms with Crippen LogP contribution in [0, 0.1) is 18.6 Å². The normalized spacial score (nSPS) is 12.8. The highest BCUT2D eigenvalue weighted by atomic mass is 19.1. The molecule has 26 heavy (non-hydrogen) atoms. The van der Waals surface area contributed by atoms with Crippen molar-refractivity contribution in [2.24, 2.45) is 0 Å². The number of carbonyl (C=O) groups excluding carboxylic acids is 2. The van der Waals surface area contributed by atoms with E-state index in [2.05, 4.69) is 5.32 Å². The summed E-state index contributed by atoms with van der Waals surface area (Å²) in [5, 5.41) is 2.24. The Morgan fingerprint density at radius 1 is 1.04 bits per heavy atom. The third kappa shape index (κ3) is 5.27. The minimum Gasteiger partial charge on any atom is -0.479 e. The van der Waals surface area contributed by atoms with E-state index in [0.29, 0.717) is 11.8 Å². The lowest BCUT2D eigenvalue weighted by Crippen LogP contribution is -2.35. The molecule has 0 radical (unpaired) electrons. The Balaban J connectivity index is 1.91. The molecule has 2 atom stereocenters. The predicted molar refractivity (Wildman–Crippen MR) is 91.8 cm³/mol. The van der Waals surface area contributed by atoms with Crippen molar-refractivity contribution in [2.45, 2.75) is 33.0 Å². The summed E-state index contributed by atoms with van der Waals surface area (Å²) in [6, 6.07) is 9.87. The van der Waals surface area contributed by atoms with E-state index >= 15 is 0 Å². The van der Waals surface area contributed by atoms with Crippen LogP contribution in [0.3, 0.4) is 0 Å². The van der Waals surface area contributed by atoms with E-state index in [-0.39, 0.29) is 5.69 Å². The monoisotopic (exact) mass is 363 g/mol. The molecule has 0 aromatic heterocycles. The molecule has 1 amide bonds. The number of halogens is 2. The zero-order valence-electron chi connectivity index (χ0n) is 14.6. The number of rotatable bonds is 6. The first kappa shape index (κ1) is 19.4. The van der Waals surface area contributed by atoms with E-state index in [1.165, 1.54) is 13.8 Å². The van der Waals surface area contributed by atoms with Gasteiger partial charge in [0.1, 0.15) is 17.4 Å². The van der Waals surface area contributed by atoms with Crippen molar-refractivity contribution in [3.8, 4) is 5.75 Å². The molecule has 2 aromatic carbocycles. The minimum atomic E-state index is -1.18. The lowest BCUT2D eigenvalue weighted by molar-refractivity contribution is -0.159. The number of hydrogen-bond acceptors (Lipinski definition) is 4. The van der Waals surface area contributed by atoms with Gasteiger partial charge in [-0.3, -0.25) is 4.79 Å². The highest BCUT2D eigenvalue weighted by Crippen LogP contribution is 2.17. The highest BCUT2D eigenvalue weighted by molar-refractivity contribution is 5.95. The van der Waals surface area contributed by atoms with Crippen LogP contribution in [-0.2, 0) is 14.3 Å². The van der Waals surface area contributed by atoms with Gasteiger partial charge in [0.2, 0.25) is 0 Å². The highest BCUT2D eigenvalue weighted by Gasteiger charge is 2.24. The molecule has 0 unspecified atom stereocenters. The van der Waals surface area contributed by atoms with Crippen LogP contribution >= 0.6 is 0 Å². The van der Waals surface area contributed by atoms with Crippen LogP contribution in [0.5, 0.6) is 5.75 Å². The number of aryl methyl sites for hydroxylation is 1. The van der Waals surface area contributed by atoms with Crippen molar-refractivity contribution in [1.29, 1.82) is 0 Å². The third-order valence-electron chi connectivity index (χ3n) is 3.49. The van der Waals surface area contributed by atoms with Crippen molar-refractivity contribution in [1.82, 2.24) is 0 Å². The van der Waals surface area contributed by atoms with E-state index in [1.807, 2.05) is 13.0 Å². The topological polar surface area (TPSA) is 64.6 Å². The molecule has 0 spiro atoms. The zero-order valence-corrected chi connectivity index (χ0v) is 14.6. The summed E-state index contributed by atoms with van der Waals surface area (Å²) in [4.78, 5) is 24.1. The summed E-state index contributed by atoms with van der Waals surface area (Å²) in [6.07, 6.45) is -2.12. The number of anilines is 1. The van der Waals surface area contributed by atoms with E-state index in [9.17, 15) is 18.4 Å². The molecule has 2 rings (SSSR count). The molecule has 0 heterocycles. The largest absolute Gasteiger partial charge is 0.479 e. The fraction of sp³-hybridized carbons (Fsp3) is 0.263. The molecular weight excluding hydrogens is 344 g/mol. The molecule has 138 valence electrons. The second kappa shape index (κ2) is 8.42. The van der Waals surface area contributed by atoms with Gasteiger partial charge in [0.25, 0.3) is 5.91 Å². The van der Waals surface area contributed by atoms with Gasteiger partial charge in [-0.2, -0.15) is 0 Å². The van der Waals surface area contributed by atoms with Gasteiger partial charge < -0.3 is 14.8 Å². The Morgan fingerprint density at radius 3 is 2.42 bits per heavy atom. The summed E-state index contributed by atoms with van der Waals surface area (Å²) in [5.74, 6) is -2.67. The van der Waals surface area contributed by atoms with Gasteiger partial charge in [-0.1, -0.05) is 12.1 Å². The fourth-order valence-corrected chi connectivity index (χ4v) is 2.09. The summed E-state index contributed by atoms with van der Waals surface area (Å²) in [5.41, 5.74) is 0.764. The van der Waals surface area contributed by atoms with Gasteiger partial charge in [0.15, 0.2) is 12.2 Å². The molecule has 0 aliphatic rings. The molecular formula is C19H19F2NO4. The second-order valence-electron chi connectivity index (χ2n) is 5.77. The quantitative estimate of drug-likeness (QED) is 0.797. The van der Waals surface area contributed by atoms with Gasteiger partial charge in [0, 0.05) is 6.07 Å². The van der Waals surface area contributed by atoms with Crippen LogP contribution in [0.4, 0.5) is 14.5 Å². The van der Waals surface area contributed by atoms with E-state index < -0.39 is 35.7 Å². The lowest BCUT2D eigenvalue weighted by atomic mass is 10.2. The molecule has 0 fully saturated rings. The number of nitrogens with one attached hydrogen (secondary N) is 1. The number of hydrogen-bond donors (Lipinski definition) is 1. The molecule has 0 bridgehead atoms. The predicted octanol–water partition coefficient (Wildman–Crippen LogP) is 3.61. The fourth-order valence-electron chi connectivity index (χ4n) is 2.09. The van der Waals surface area contributed by atoms with Crippen molar-refractivity contribution in [3.05, 3.63) is 59.7 Å². The Bertz CT molecular complexity index is 810. The average molecular weight is 363 g/mol. The van der Waals surface area contributed by atoms with Crippen molar-refractivity contribution in [2.75, 3.05) is 5.32 Å². The first-order valence-electron chi connectivity index (χ1n) is 7.96. The standard InChI is InChI=1S/C19H19F2NO4/c1-11-5-4-6-15(9-11)25-13(3)19(24)26-12(2)18(23)22-17-8-7-14(20)10-16(17)21/h4-10,12-13H,1-3H3,(H,22,23)/t12-,13+/m0/s1. The number of esters is 1. The SMILES string of the molecule is Cc1cccc(O[C@H](C)C(=O)O[C@@H](C)C(=O)Nc2ccc(F)cc2F)c1. The smallest absolute Gasteiger partial charge is 0.347 e. The lowest BCUT2D eigenvalue weighted by Gasteiger charge is -2.18. The molecule has 1 N–H and O–H groups in total. The van der Waals surface area contributed by atoms with Gasteiger partial charge in [-0.25, -0.2) is 13.6 Å². The minimum absolute atomic E-state index is 0.205. The zero-order chi connectivity index (χ0) is 19.3. The van der Waals surface area contributed by atoms with Crippen LogP contribution in [0.1, 0.15) is 19.4 Å². The summed E-state index contributed by atoms with van der Waals surface area (Å²) < 4.78 is 36.9. The maximum absolute atomic E-state index is 13.6. The molecule has 5 nitrogen and oxygen atoms in total. The van der Waals surface area contributed by atoms with Crippen molar-refractivity contribution < 1.29 is 27.8 Å².